The highest BCUT2D eigenvalue weighted by Gasteiger charge is 2.11. The Hall–Kier alpha value is -1.81. The van der Waals surface area contributed by atoms with E-state index in [1.54, 1.807) is 6.26 Å². The quantitative estimate of drug-likeness (QED) is 0.881. The molecule has 0 radical (unpaired) electrons. The van der Waals surface area contributed by atoms with Gasteiger partial charge in [0.25, 0.3) is 0 Å². The average molecular weight is 287 g/mol. The van der Waals surface area contributed by atoms with Crippen molar-refractivity contribution in [2.75, 3.05) is 11.4 Å². The fraction of sp³-hybridized carbons (Fsp3) is 0.471. The normalized spacial score (nSPS) is 11.6. The van der Waals surface area contributed by atoms with E-state index in [-0.39, 0.29) is 5.54 Å². The monoisotopic (exact) mass is 287 g/mol. The third-order valence-electron chi connectivity index (χ3n) is 3.27. The number of pyridine rings is 1. The lowest BCUT2D eigenvalue weighted by Crippen LogP contribution is -2.35. The first-order valence-corrected chi connectivity index (χ1v) is 7.45. The minimum absolute atomic E-state index is 0.0935. The smallest absolute Gasteiger partial charge is 0.123 e. The first-order valence-electron chi connectivity index (χ1n) is 7.45. The van der Waals surface area contributed by atoms with Crippen LogP contribution in [0.25, 0.3) is 0 Å². The van der Waals surface area contributed by atoms with Crippen LogP contribution in [-0.2, 0) is 13.1 Å². The molecule has 2 aromatic rings. The van der Waals surface area contributed by atoms with Gasteiger partial charge < -0.3 is 14.6 Å². The second kappa shape index (κ2) is 6.76. The van der Waals surface area contributed by atoms with E-state index >= 15 is 0 Å². The summed E-state index contributed by atoms with van der Waals surface area (Å²) in [6.45, 7) is 11.1. The van der Waals surface area contributed by atoms with Crippen molar-refractivity contribution in [3.05, 3.63) is 48.2 Å². The molecule has 0 aliphatic heterocycles. The summed E-state index contributed by atoms with van der Waals surface area (Å²) in [5, 5.41) is 3.47. The Bertz CT molecular complexity index is 543. The number of aromatic nitrogens is 1. The predicted octanol–water partition coefficient (Wildman–Crippen LogP) is 3.59. The van der Waals surface area contributed by atoms with Gasteiger partial charge in [-0.05, 0) is 52.0 Å². The maximum Gasteiger partial charge on any atom is 0.123 e. The molecule has 2 aromatic heterocycles. The first kappa shape index (κ1) is 15.6. The van der Waals surface area contributed by atoms with E-state index in [4.69, 9.17) is 4.42 Å². The van der Waals surface area contributed by atoms with E-state index < -0.39 is 0 Å². The fourth-order valence-electron chi connectivity index (χ4n) is 2.09. The van der Waals surface area contributed by atoms with Crippen LogP contribution in [0.3, 0.4) is 0 Å². The molecule has 21 heavy (non-hydrogen) atoms. The van der Waals surface area contributed by atoms with Gasteiger partial charge in [-0.3, -0.25) is 4.98 Å². The van der Waals surface area contributed by atoms with Gasteiger partial charge in [-0.15, -0.1) is 0 Å². The Labute approximate surface area is 127 Å². The van der Waals surface area contributed by atoms with Crippen LogP contribution in [0.15, 0.2) is 41.1 Å². The van der Waals surface area contributed by atoms with Gasteiger partial charge >= 0.3 is 0 Å². The highest BCUT2D eigenvalue weighted by atomic mass is 16.3. The second-order valence-corrected chi connectivity index (χ2v) is 6.20. The number of nitrogens with zero attached hydrogens (tertiary/aromatic N) is 2. The van der Waals surface area contributed by atoms with Crippen LogP contribution in [0.5, 0.6) is 0 Å². The van der Waals surface area contributed by atoms with Crippen LogP contribution in [0, 0.1) is 0 Å². The van der Waals surface area contributed by atoms with Gasteiger partial charge in [-0.2, -0.15) is 0 Å². The standard InChI is InChI=1S/C17H25N3O/c1-5-20(13-16-7-6-10-21-16)15-8-9-18-14(11-15)12-19-17(2,3)4/h6-11,19H,5,12-13H2,1-4H3. The third-order valence-corrected chi connectivity index (χ3v) is 3.27. The van der Waals surface area contributed by atoms with Crippen molar-refractivity contribution in [3.63, 3.8) is 0 Å². The molecule has 0 atom stereocenters. The molecule has 0 aliphatic carbocycles. The summed E-state index contributed by atoms with van der Waals surface area (Å²) in [6, 6.07) is 8.12. The zero-order chi connectivity index (χ0) is 15.3. The molecule has 2 heterocycles. The van der Waals surface area contributed by atoms with Gasteiger partial charge in [0.1, 0.15) is 5.76 Å². The Morgan fingerprint density at radius 3 is 2.71 bits per heavy atom. The lowest BCUT2D eigenvalue weighted by molar-refractivity contribution is 0.421. The molecule has 1 N–H and O–H groups in total. The molecular weight excluding hydrogens is 262 g/mol. The highest BCUT2D eigenvalue weighted by Crippen LogP contribution is 2.18. The number of hydrogen-bond donors (Lipinski definition) is 1. The zero-order valence-electron chi connectivity index (χ0n) is 13.4. The summed E-state index contributed by atoms with van der Waals surface area (Å²) in [7, 11) is 0. The Morgan fingerprint density at radius 2 is 2.10 bits per heavy atom. The van der Waals surface area contributed by atoms with E-state index in [1.165, 1.54) is 5.69 Å². The minimum atomic E-state index is 0.0935. The van der Waals surface area contributed by atoms with Crippen LogP contribution in [-0.4, -0.2) is 17.1 Å². The fourth-order valence-corrected chi connectivity index (χ4v) is 2.09. The summed E-state index contributed by atoms with van der Waals surface area (Å²) in [5.41, 5.74) is 2.32. The van der Waals surface area contributed by atoms with E-state index in [9.17, 15) is 0 Å². The maximum atomic E-state index is 5.44. The molecule has 4 heteroatoms. The van der Waals surface area contributed by atoms with Gasteiger partial charge in [0.15, 0.2) is 0 Å². The first-order chi connectivity index (χ1) is 9.98. The topological polar surface area (TPSA) is 41.3 Å². The molecule has 0 saturated heterocycles. The van der Waals surface area contributed by atoms with E-state index in [1.807, 2.05) is 24.4 Å². The van der Waals surface area contributed by atoms with Gasteiger partial charge in [0.2, 0.25) is 0 Å². The summed E-state index contributed by atoms with van der Waals surface area (Å²) in [5.74, 6) is 0.975. The van der Waals surface area contributed by atoms with Crippen molar-refractivity contribution < 1.29 is 4.42 Å². The molecule has 0 fully saturated rings. The number of hydrogen-bond acceptors (Lipinski definition) is 4. The van der Waals surface area contributed by atoms with Crippen molar-refractivity contribution in [2.24, 2.45) is 0 Å². The number of furan rings is 1. The van der Waals surface area contributed by atoms with Crippen molar-refractivity contribution in [1.82, 2.24) is 10.3 Å². The van der Waals surface area contributed by atoms with Crippen molar-refractivity contribution in [3.8, 4) is 0 Å². The Balaban J connectivity index is 2.07. The van der Waals surface area contributed by atoms with Crippen molar-refractivity contribution in [2.45, 2.75) is 46.3 Å². The molecule has 0 amide bonds. The van der Waals surface area contributed by atoms with Gasteiger partial charge in [-0.1, -0.05) is 0 Å². The molecule has 0 bridgehead atoms. The van der Waals surface area contributed by atoms with Crippen LogP contribution in [0.1, 0.15) is 39.1 Å². The van der Waals surface area contributed by atoms with Crippen LogP contribution >= 0.6 is 0 Å². The van der Waals surface area contributed by atoms with E-state index in [0.29, 0.717) is 0 Å². The number of nitrogens with one attached hydrogen (secondary N) is 1. The van der Waals surface area contributed by atoms with Crippen molar-refractivity contribution in [1.29, 1.82) is 0 Å². The third kappa shape index (κ3) is 4.90. The molecule has 0 aliphatic rings. The maximum absolute atomic E-state index is 5.44. The van der Waals surface area contributed by atoms with Crippen LogP contribution in [0.2, 0.25) is 0 Å². The lowest BCUT2D eigenvalue weighted by atomic mass is 10.1. The molecule has 0 saturated carbocycles. The molecule has 0 spiro atoms. The molecular formula is C17H25N3O. The van der Waals surface area contributed by atoms with E-state index in [0.717, 1.165) is 31.1 Å². The van der Waals surface area contributed by atoms with Crippen LogP contribution in [0.4, 0.5) is 5.69 Å². The summed E-state index contributed by atoms with van der Waals surface area (Å²) in [4.78, 5) is 6.72. The lowest BCUT2D eigenvalue weighted by Gasteiger charge is -2.23. The van der Waals surface area contributed by atoms with Crippen molar-refractivity contribution >= 4 is 5.69 Å². The summed E-state index contributed by atoms with van der Waals surface area (Å²) < 4.78 is 5.44. The number of rotatable bonds is 6. The number of anilines is 1. The summed E-state index contributed by atoms with van der Waals surface area (Å²) in [6.07, 6.45) is 3.59. The summed E-state index contributed by atoms with van der Waals surface area (Å²) >= 11 is 0. The molecule has 2 rings (SSSR count). The van der Waals surface area contributed by atoms with Gasteiger partial charge in [0, 0.05) is 30.5 Å². The highest BCUT2D eigenvalue weighted by molar-refractivity contribution is 5.46. The van der Waals surface area contributed by atoms with E-state index in [2.05, 4.69) is 49.0 Å². The SMILES string of the molecule is CCN(Cc1ccco1)c1ccnc(CNC(C)(C)C)c1. The Morgan fingerprint density at radius 1 is 1.29 bits per heavy atom. The molecule has 0 unspecified atom stereocenters. The van der Waals surface area contributed by atoms with Gasteiger partial charge in [0.05, 0.1) is 18.5 Å². The Kier molecular flexibility index (Phi) is 5.02. The van der Waals surface area contributed by atoms with Gasteiger partial charge in [-0.25, -0.2) is 0 Å². The predicted molar refractivity (Wildman–Crippen MR) is 86.3 cm³/mol. The zero-order valence-corrected chi connectivity index (χ0v) is 13.4. The molecule has 0 aromatic carbocycles. The largest absolute Gasteiger partial charge is 0.467 e. The molecule has 4 nitrogen and oxygen atoms in total. The molecule has 114 valence electrons. The van der Waals surface area contributed by atoms with Crippen LogP contribution < -0.4 is 10.2 Å². The average Bonchev–Trinajstić information content (AvgIpc) is 2.95. The minimum Gasteiger partial charge on any atom is -0.467 e. The second-order valence-electron chi connectivity index (χ2n) is 6.20.